The Morgan fingerprint density at radius 2 is 2.22 bits per heavy atom. The highest BCUT2D eigenvalue weighted by Gasteiger charge is 2.41. The maximum Gasteiger partial charge on any atom is 0.387 e. The number of aryl methyl sites for hydroxylation is 1. The van der Waals surface area contributed by atoms with Gasteiger partial charge in [0.1, 0.15) is 11.4 Å². The lowest BCUT2D eigenvalue weighted by molar-refractivity contribution is -0.123. The van der Waals surface area contributed by atoms with E-state index in [4.69, 9.17) is 11.6 Å². The minimum atomic E-state index is -2.99. The van der Waals surface area contributed by atoms with Gasteiger partial charge in [0.25, 0.3) is 5.91 Å². The molecule has 1 aliphatic carbocycles. The number of anilines is 1. The predicted molar refractivity (Wildman–Crippen MR) is 118 cm³/mol. The van der Waals surface area contributed by atoms with Gasteiger partial charge in [-0.3, -0.25) is 19.2 Å². The number of aromatic nitrogens is 2. The Balaban J connectivity index is 1.41. The summed E-state index contributed by atoms with van der Waals surface area (Å²) in [6.07, 6.45) is 6.87. The first-order valence-electron chi connectivity index (χ1n) is 9.60. The van der Waals surface area contributed by atoms with Gasteiger partial charge in [-0.1, -0.05) is 23.4 Å². The summed E-state index contributed by atoms with van der Waals surface area (Å²) in [4.78, 5) is 31.3. The number of hydrogen-bond donors (Lipinski definition) is 1. The average Bonchev–Trinajstić information content (AvgIpc) is 3.40. The van der Waals surface area contributed by atoms with Crippen LogP contribution in [0.15, 0.2) is 41.3 Å². The second-order valence-corrected chi connectivity index (χ2v) is 8.49. The Labute approximate surface area is 191 Å². The topological polar surface area (TPSA) is 88.8 Å². The van der Waals surface area contributed by atoms with Crippen molar-refractivity contribution in [1.82, 2.24) is 14.7 Å². The van der Waals surface area contributed by atoms with Crippen LogP contribution in [-0.2, 0) is 16.6 Å². The Kier molecular flexibility index (Phi) is 6.47. The number of hydrogen-bond acceptors (Lipinski definition) is 6. The zero-order chi connectivity index (χ0) is 22.8. The molecule has 168 valence electrons. The van der Waals surface area contributed by atoms with Crippen molar-refractivity contribution in [3.05, 3.63) is 46.9 Å². The van der Waals surface area contributed by atoms with Crippen molar-refractivity contribution >= 4 is 52.1 Å². The summed E-state index contributed by atoms with van der Waals surface area (Å²) in [5.41, 5.74) is 1.40. The fourth-order valence-electron chi connectivity index (χ4n) is 3.04. The molecular weight excluding hydrogens is 464 g/mol. The number of aliphatic imine (C=N–C) groups is 1. The van der Waals surface area contributed by atoms with E-state index in [0.29, 0.717) is 16.6 Å². The summed E-state index contributed by atoms with van der Waals surface area (Å²) in [6.45, 7) is -2.99. The lowest BCUT2D eigenvalue weighted by Gasteiger charge is -2.16. The summed E-state index contributed by atoms with van der Waals surface area (Å²) < 4.78 is 30.6. The number of amidine groups is 1. The Morgan fingerprint density at radius 3 is 2.84 bits per heavy atom. The molecule has 0 saturated heterocycles. The number of carbonyl (C=O) groups is 2. The van der Waals surface area contributed by atoms with Crippen LogP contribution in [0.3, 0.4) is 0 Å². The van der Waals surface area contributed by atoms with Crippen LogP contribution in [-0.4, -0.2) is 50.1 Å². The second kappa shape index (κ2) is 9.29. The molecule has 1 aromatic carbocycles. The van der Waals surface area contributed by atoms with Crippen molar-refractivity contribution in [1.29, 1.82) is 0 Å². The quantitative estimate of drug-likeness (QED) is 0.608. The Hall–Kier alpha value is -2.92. The van der Waals surface area contributed by atoms with Crippen LogP contribution in [0.5, 0.6) is 5.75 Å². The highest BCUT2D eigenvalue weighted by atomic mass is 35.5. The zero-order valence-corrected chi connectivity index (χ0v) is 18.4. The lowest BCUT2D eigenvalue weighted by Crippen LogP contribution is -2.33. The third-order valence-electron chi connectivity index (χ3n) is 4.56. The molecule has 0 bridgehead atoms. The van der Waals surface area contributed by atoms with Crippen LogP contribution in [0, 0.1) is 0 Å². The standard InChI is InChI=1S/C20H18ClF2N5O3S/c1-27-9-11(8-24-27)6-15-18(30)28(13-3-4-13)20(26-15)32-10-17(29)25-12-2-5-16(14(21)7-12)31-19(22)23/h2,5-9,13,19H,3-4,10H2,1H3,(H,25,29)/b15-6-. The molecule has 1 aromatic heterocycles. The van der Waals surface area contributed by atoms with Gasteiger partial charge in [0.15, 0.2) is 5.17 Å². The SMILES string of the molecule is Cn1cc(/C=C2\N=C(SCC(=O)Nc3ccc(OC(F)F)c(Cl)c3)N(C3CC3)C2=O)cn1. The number of nitrogens with zero attached hydrogens (tertiary/aromatic N) is 4. The average molecular weight is 482 g/mol. The summed E-state index contributed by atoms with van der Waals surface area (Å²) in [7, 11) is 1.78. The molecule has 2 amide bonds. The molecule has 1 saturated carbocycles. The molecule has 1 N–H and O–H groups in total. The van der Waals surface area contributed by atoms with E-state index in [-0.39, 0.29) is 34.4 Å². The highest BCUT2D eigenvalue weighted by Crippen LogP contribution is 2.35. The third-order valence-corrected chi connectivity index (χ3v) is 5.81. The Bertz CT molecular complexity index is 1120. The van der Waals surface area contributed by atoms with E-state index >= 15 is 0 Å². The van der Waals surface area contributed by atoms with Crippen LogP contribution in [0.1, 0.15) is 18.4 Å². The normalized spacial score (nSPS) is 17.3. The number of ether oxygens (including phenoxy) is 1. The summed E-state index contributed by atoms with van der Waals surface area (Å²) in [6, 6.07) is 4.08. The Morgan fingerprint density at radius 1 is 1.44 bits per heavy atom. The van der Waals surface area contributed by atoms with Gasteiger partial charge < -0.3 is 10.1 Å². The number of rotatable bonds is 7. The van der Waals surface area contributed by atoms with E-state index in [1.165, 1.54) is 18.2 Å². The molecule has 2 aliphatic rings. The number of benzene rings is 1. The molecule has 32 heavy (non-hydrogen) atoms. The minimum Gasteiger partial charge on any atom is -0.433 e. The molecule has 8 nitrogen and oxygen atoms in total. The van der Waals surface area contributed by atoms with E-state index in [9.17, 15) is 18.4 Å². The van der Waals surface area contributed by atoms with E-state index in [0.717, 1.165) is 30.2 Å². The van der Waals surface area contributed by atoms with E-state index in [1.54, 1.807) is 35.1 Å². The first-order valence-corrected chi connectivity index (χ1v) is 11.0. The van der Waals surface area contributed by atoms with Crippen molar-refractivity contribution in [2.24, 2.45) is 12.0 Å². The summed E-state index contributed by atoms with van der Waals surface area (Å²) in [5, 5.41) is 7.15. The molecule has 1 aliphatic heterocycles. The van der Waals surface area contributed by atoms with Crippen molar-refractivity contribution < 1.29 is 23.1 Å². The van der Waals surface area contributed by atoms with Crippen molar-refractivity contribution in [3.63, 3.8) is 0 Å². The van der Waals surface area contributed by atoms with Gasteiger partial charge in [0, 0.05) is 30.5 Å². The molecule has 2 aromatic rings. The van der Waals surface area contributed by atoms with Crippen molar-refractivity contribution in [2.75, 3.05) is 11.1 Å². The van der Waals surface area contributed by atoms with Gasteiger partial charge in [-0.15, -0.1) is 0 Å². The number of nitrogens with one attached hydrogen (secondary N) is 1. The van der Waals surface area contributed by atoms with Crippen LogP contribution in [0.4, 0.5) is 14.5 Å². The summed E-state index contributed by atoms with van der Waals surface area (Å²) >= 11 is 7.06. The largest absolute Gasteiger partial charge is 0.433 e. The molecule has 0 spiro atoms. The monoisotopic (exact) mass is 481 g/mol. The van der Waals surface area contributed by atoms with Crippen molar-refractivity contribution in [2.45, 2.75) is 25.5 Å². The molecule has 4 rings (SSSR count). The number of alkyl halides is 2. The van der Waals surface area contributed by atoms with Gasteiger partial charge in [0.05, 0.1) is 17.0 Å². The van der Waals surface area contributed by atoms with E-state index in [1.807, 2.05) is 0 Å². The maximum atomic E-state index is 12.8. The second-order valence-electron chi connectivity index (χ2n) is 7.14. The van der Waals surface area contributed by atoms with Crippen LogP contribution < -0.4 is 10.1 Å². The third kappa shape index (κ3) is 5.28. The molecule has 1 fully saturated rings. The first kappa shape index (κ1) is 22.3. The zero-order valence-electron chi connectivity index (χ0n) is 16.8. The molecule has 0 unspecified atom stereocenters. The number of halogens is 3. The van der Waals surface area contributed by atoms with Crippen LogP contribution >= 0.6 is 23.4 Å². The van der Waals surface area contributed by atoms with E-state index < -0.39 is 6.61 Å². The summed E-state index contributed by atoms with van der Waals surface area (Å²) in [5.74, 6) is -0.728. The van der Waals surface area contributed by atoms with Crippen molar-refractivity contribution in [3.8, 4) is 5.75 Å². The predicted octanol–water partition coefficient (Wildman–Crippen LogP) is 3.75. The lowest BCUT2D eigenvalue weighted by atomic mass is 10.3. The van der Waals surface area contributed by atoms with Gasteiger partial charge in [-0.25, -0.2) is 4.99 Å². The van der Waals surface area contributed by atoms with Crippen LogP contribution in [0.2, 0.25) is 5.02 Å². The number of thioether (sulfide) groups is 1. The van der Waals surface area contributed by atoms with Gasteiger partial charge >= 0.3 is 6.61 Å². The molecule has 2 heterocycles. The molecule has 12 heteroatoms. The van der Waals surface area contributed by atoms with Gasteiger partial charge in [-0.05, 0) is 37.1 Å². The first-order chi connectivity index (χ1) is 15.3. The van der Waals surface area contributed by atoms with E-state index in [2.05, 4.69) is 20.1 Å². The maximum absolute atomic E-state index is 12.8. The van der Waals surface area contributed by atoms with Gasteiger partial charge in [-0.2, -0.15) is 13.9 Å². The fraction of sp³-hybridized carbons (Fsp3) is 0.300. The highest BCUT2D eigenvalue weighted by molar-refractivity contribution is 8.14. The fourth-order valence-corrected chi connectivity index (χ4v) is 4.13. The number of amides is 2. The molecule has 0 radical (unpaired) electrons. The minimum absolute atomic E-state index is 0.00239. The van der Waals surface area contributed by atoms with Crippen LogP contribution in [0.25, 0.3) is 6.08 Å². The number of carbonyl (C=O) groups excluding carboxylic acids is 2. The molecule has 0 atom stereocenters. The van der Waals surface area contributed by atoms with Gasteiger partial charge in [0.2, 0.25) is 5.91 Å². The smallest absolute Gasteiger partial charge is 0.387 e. The molecular formula is C20H18ClF2N5O3S.